The van der Waals surface area contributed by atoms with E-state index in [2.05, 4.69) is 50.3 Å². The maximum Gasteiger partial charge on any atom is 0.190 e. The summed E-state index contributed by atoms with van der Waals surface area (Å²) in [5.41, 5.74) is 0. The third kappa shape index (κ3) is 11.0. The van der Waals surface area contributed by atoms with Crippen molar-refractivity contribution in [3.63, 3.8) is 0 Å². The molecule has 0 saturated heterocycles. The van der Waals surface area contributed by atoms with Gasteiger partial charge in [-0.3, -0.25) is 4.99 Å². The van der Waals surface area contributed by atoms with Gasteiger partial charge in [0.05, 0.1) is 16.1 Å². The number of rotatable bonds is 10. The lowest BCUT2D eigenvalue weighted by atomic mass is 10.3. The fourth-order valence-corrected chi connectivity index (χ4v) is 3.39. The summed E-state index contributed by atoms with van der Waals surface area (Å²) in [5, 5.41) is 6.60. The summed E-state index contributed by atoms with van der Waals surface area (Å²) in [6, 6.07) is 4.33. The molecule has 1 rings (SSSR count). The lowest BCUT2D eigenvalue weighted by Gasteiger charge is -2.11. The number of halogens is 2. The van der Waals surface area contributed by atoms with Crippen LogP contribution in [-0.4, -0.2) is 53.0 Å². The second-order valence-electron chi connectivity index (χ2n) is 4.34. The quantitative estimate of drug-likeness (QED) is 0.203. The van der Waals surface area contributed by atoms with Gasteiger partial charge in [0.15, 0.2) is 5.96 Å². The van der Waals surface area contributed by atoms with Crippen molar-refractivity contribution in [2.24, 2.45) is 4.99 Å². The van der Waals surface area contributed by atoms with Crippen molar-refractivity contribution in [1.29, 1.82) is 0 Å². The molecule has 0 aromatic carbocycles. The average Bonchev–Trinajstić information content (AvgIpc) is 2.90. The van der Waals surface area contributed by atoms with Crippen LogP contribution in [0.3, 0.4) is 0 Å². The zero-order valence-corrected chi connectivity index (χ0v) is 18.4. The van der Waals surface area contributed by atoms with Crippen LogP contribution >= 0.6 is 57.9 Å². The minimum absolute atomic E-state index is 0. The molecule has 0 fully saturated rings. The number of nitrogens with zero attached hydrogens (tertiary/aromatic N) is 1. The lowest BCUT2D eigenvalue weighted by molar-refractivity contribution is 0.0698. The van der Waals surface area contributed by atoms with Crippen LogP contribution in [0.5, 0.6) is 0 Å². The SMILES string of the molecule is CN=C(NCCCOCCOC)NCCc1ccc(I)s1.I. The lowest BCUT2D eigenvalue weighted by Crippen LogP contribution is -2.38. The van der Waals surface area contributed by atoms with Crippen LogP contribution in [-0.2, 0) is 15.9 Å². The molecule has 0 atom stereocenters. The standard InChI is InChI=1S/C14H24IN3O2S.HI/c1-16-14(17-7-3-9-20-11-10-19-2)18-8-6-12-4-5-13(15)21-12;/h4-5H,3,6-11H2,1-2H3,(H2,16,17,18);1H. The van der Waals surface area contributed by atoms with Gasteiger partial charge in [-0.15, -0.1) is 35.3 Å². The van der Waals surface area contributed by atoms with Gasteiger partial charge in [0, 0.05) is 38.7 Å². The topological polar surface area (TPSA) is 54.9 Å². The zero-order chi connectivity index (χ0) is 15.3. The van der Waals surface area contributed by atoms with Crippen molar-refractivity contribution in [2.75, 3.05) is 47.1 Å². The molecule has 22 heavy (non-hydrogen) atoms. The van der Waals surface area contributed by atoms with Crippen molar-refractivity contribution in [1.82, 2.24) is 10.6 Å². The number of thiophene rings is 1. The third-order valence-corrected chi connectivity index (χ3v) is 4.66. The number of nitrogens with one attached hydrogen (secondary N) is 2. The first kappa shape index (κ1) is 22.4. The largest absolute Gasteiger partial charge is 0.382 e. The van der Waals surface area contributed by atoms with E-state index < -0.39 is 0 Å². The Morgan fingerprint density at radius 3 is 2.64 bits per heavy atom. The fourth-order valence-electron chi connectivity index (χ4n) is 1.64. The molecule has 8 heteroatoms. The van der Waals surface area contributed by atoms with Crippen LogP contribution in [0.25, 0.3) is 0 Å². The van der Waals surface area contributed by atoms with Gasteiger partial charge in [-0.05, 0) is 47.6 Å². The van der Waals surface area contributed by atoms with E-state index in [4.69, 9.17) is 9.47 Å². The first-order chi connectivity index (χ1) is 10.3. The zero-order valence-electron chi connectivity index (χ0n) is 13.1. The minimum Gasteiger partial charge on any atom is -0.382 e. The van der Waals surface area contributed by atoms with Crippen LogP contribution in [0.1, 0.15) is 11.3 Å². The molecular weight excluding hydrogens is 528 g/mol. The summed E-state index contributed by atoms with van der Waals surface area (Å²) in [5.74, 6) is 0.846. The van der Waals surface area contributed by atoms with E-state index in [-0.39, 0.29) is 24.0 Å². The molecule has 0 unspecified atom stereocenters. The first-order valence-corrected chi connectivity index (χ1v) is 8.91. The van der Waals surface area contributed by atoms with E-state index in [0.29, 0.717) is 13.2 Å². The molecule has 1 heterocycles. The second-order valence-corrected chi connectivity index (χ2v) is 7.40. The summed E-state index contributed by atoms with van der Waals surface area (Å²) in [4.78, 5) is 5.60. The van der Waals surface area contributed by atoms with E-state index in [1.54, 1.807) is 14.2 Å². The first-order valence-electron chi connectivity index (χ1n) is 7.01. The van der Waals surface area contributed by atoms with Gasteiger partial charge < -0.3 is 20.1 Å². The smallest absolute Gasteiger partial charge is 0.190 e. The molecule has 1 aromatic rings. The molecule has 0 aliphatic rings. The Labute approximate surface area is 167 Å². The highest BCUT2D eigenvalue weighted by molar-refractivity contribution is 14.1. The van der Waals surface area contributed by atoms with E-state index in [9.17, 15) is 0 Å². The number of methoxy groups -OCH3 is 1. The van der Waals surface area contributed by atoms with Gasteiger partial charge in [0.2, 0.25) is 0 Å². The van der Waals surface area contributed by atoms with Gasteiger partial charge >= 0.3 is 0 Å². The van der Waals surface area contributed by atoms with Gasteiger partial charge in [-0.2, -0.15) is 0 Å². The molecule has 0 bridgehead atoms. The van der Waals surface area contributed by atoms with Crippen LogP contribution in [0.2, 0.25) is 0 Å². The highest BCUT2D eigenvalue weighted by Crippen LogP contribution is 2.18. The molecule has 0 aliphatic carbocycles. The normalized spacial score (nSPS) is 11.1. The Morgan fingerprint density at radius 1 is 1.23 bits per heavy atom. The van der Waals surface area contributed by atoms with E-state index in [0.717, 1.165) is 38.5 Å². The van der Waals surface area contributed by atoms with Gasteiger partial charge in [0.1, 0.15) is 0 Å². The van der Waals surface area contributed by atoms with Gasteiger partial charge in [-0.1, -0.05) is 0 Å². The second kappa shape index (κ2) is 14.9. The van der Waals surface area contributed by atoms with E-state index in [1.807, 2.05) is 11.3 Å². The molecule has 0 spiro atoms. The number of hydrogen-bond donors (Lipinski definition) is 2. The molecule has 0 amide bonds. The predicted molar refractivity (Wildman–Crippen MR) is 113 cm³/mol. The maximum atomic E-state index is 5.41. The summed E-state index contributed by atoms with van der Waals surface area (Å²) in [6.07, 6.45) is 1.97. The fraction of sp³-hybridized carbons (Fsp3) is 0.643. The van der Waals surface area contributed by atoms with Crippen molar-refractivity contribution in [3.05, 3.63) is 19.9 Å². The number of aliphatic imine (C=N–C) groups is 1. The molecule has 0 aliphatic heterocycles. The van der Waals surface area contributed by atoms with Crippen molar-refractivity contribution in [2.45, 2.75) is 12.8 Å². The van der Waals surface area contributed by atoms with Crippen LogP contribution in [0.4, 0.5) is 0 Å². The maximum absolute atomic E-state index is 5.41. The van der Waals surface area contributed by atoms with Crippen LogP contribution < -0.4 is 10.6 Å². The molecule has 0 saturated carbocycles. The Kier molecular flexibility index (Phi) is 15.1. The molecule has 2 N–H and O–H groups in total. The number of hydrogen-bond acceptors (Lipinski definition) is 4. The minimum atomic E-state index is 0. The Hall–Kier alpha value is 0.350. The Morgan fingerprint density at radius 2 is 2.00 bits per heavy atom. The highest BCUT2D eigenvalue weighted by Gasteiger charge is 2.00. The molecule has 1 aromatic heterocycles. The van der Waals surface area contributed by atoms with Gasteiger partial charge in [0.25, 0.3) is 0 Å². The third-order valence-electron chi connectivity index (χ3n) is 2.71. The van der Waals surface area contributed by atoms with Gasteiger partial charge in [-0.25, -0.2) is 0 Å². The number of ether oxygens (including phenoxy) is 2. The average molecular weight is 553 g/mol. The molecule has 128 valence electrons. The molecular formula is C14H25I2N3O2S. The summed E-state index contributed by atoms with van der Waals surface area (Å²) >= 11 is 4.19. The number of guanidine groups is 1. The predicted octanol–water partition coefficient (Wildman–Crippen LogP) is 2.73. The van der Waals surface area contributed by atoms with E-state index >= 15 is 0 Å². The summed E-state index contributed by atoms with van der Waals surface area (Å²) in [7, 11) is 3.47. The highest BCUT2D eigenvalue weighted by atomic mass is 127. The monoisotopic (exact) mass is 553 g/mol. The molecule has 5 nitrogen and oxygen atoms in total. The Balaban J connectivity index is 0.00000441. The van der Waals surface area contributed by atoms with Crippen molar-refractivity contribution in [3.8, 4) is 0 Å². The molecule has 0 radical (unpaired) electrons. The Bertz CT molecular complexity index is 417. The summed E-state index contributed by atoms with van der Waals surface area (Å²) < 4.78 is 11.7. The van der Waals surface area contributed by atoms with E-state index in [1.165, 1.54) is 7.76 Å². The van der Waals surface area contributed by atoms with Crippen LogP contribution in [0.15, 0.2) is 17.1 Å². The van der Waals surface area contributed by atoms with Crippen LogP contribution in [0, 0.1) is 2.88 Å². The van der Waals surface area contributed by atoms with Crippen molar-refractivity contribution >= 4 is 63.9 Å². The summed E-state index contributed by atoms with van der Waals surface area (Å²) in [6.45, 7) is 3.78. The van der Waals surface area contributed by atoms with Crippen molar-refractivity contribution < 1.29 is 9.47 Å².